The summed E-state index contributed by atoms with van der Waals surface area (Å²) in [7, 11) is 1.85. The first-order valence-electron chi connectivity index (χ1n) is 3.65. The van der Waals surface area contributed by atoms with Crippen molar-refractivity contribution in [2.45, 2.75) is 0 Å². The average molecular weight is 218 g/mol. The van der Waals surface area contributed by atoms with E-state index >= 15 is 0 Å². The zero-order valence-corrected chi connectivity index (χ0v) is 8.68. The second kappa shape index (κ2) is 4.44. The lowest BCUT2D eigenvalue weighted by Crippen LogP contribution is -2.18. The standard InChI is InChI=1S/C8H9Cl2N3/c1-3-4-13(2)6-7(9)11-5-12-8(6)10/h3,5H,1,4H2,2H3. The molecule has 0 atom stereocenters. The maximum atomic E-state index is 5.85. The molecule has 1 aromatic rings. The second-order valence-corrected chi connectivity index (χ2v) is 3.19. The topological polar surface area (TPSA) is 29.0 Å². The molecule has 3 nitrogen and oxygen atoms in total. The molecule has 0 aliphatic heterocycles. The summed E-state index contributed by atoms with van der Waals surface area (Å²) in [5.41, 5.74) is 0.630. The molecule has 1 heterocycles. The van der Waals surface area contributed by atoms with Crippen LogP contribution in [0.3, 0.4) is 0 Å². The van der Waals surface area contributed by atoms with Gasteiger partial charge in [-0.15, -0.1) is 6.58 Å². The Labute approximate surface area is 87.0 Å². The first-order valence-corrected chi connectivity index (χ1v) is 4.40. The van der Waals surface area contributed by atoms with Crippen molar-refractivity contribution in [3.8, 4) is 0 Å². The van der Waals surface area contributed by atoms with Crippen LogP contribution >= 0.6 is 23.2 Å². The van der Waals surface area contributed by atoms with E-state index in [9.17, 15) is 0 Å². The van der Waals surface area contributed by atoms with Gasteiger partial charge in [-0.3, -0.25) is 0 Å². The van der Waals surface area contributed by atoms with Crippen molar-refractivity contribution in [3.63, 3.8) is 0 Å². The minimum atomic E-state index is 0.351. The van der Waals surface area contributed by atoms with Gasteiger partial charge in [0.25, 0.3) is 0 Å². The normalized spacial score (nSPS) is 9.77. The molecule has 5 heteroatoms. The van der Waals surface area contributed by atoms with Crippen molar-refractivity contribution in [1.82, 2.24) is 9.97 Å². The number of aromatic nitrogens is 2. The maximum Gasteiger partial charge on any atom is 0.157 e. The van der Waals surface area contributed by atoms with Gasteiger partial charge in [0.05, 0.1) is 0 Å². The fourth-order valence-electron chi connectivity index (χ4n) is 0.938. The number of rotatable bonds is 3. The summed E-state index contributed by atoms with van der Waals surface area (Å²) in [6.07, 6.45) is 3.08. The fourth-order valence-corrected chi connectivity index (χ4v) is 1.54. The lowest BCUT2D eigenvalue weighted by atomic mass is 10.4. The molecule has 0 aliphatic carbocycles. The van der Waals surface area contributed by atoms with E-state index in [1.165, 1.54) is 6.33 Å². The molecular formula is C8H9Cl2N3. The van der Waals surface area contributed by atoms with Crippen LogP contribution in [-0.4, -0.2) is 23.6 Å². The molecule has 0 radical (unpaired) electrons. The summed E-state index contributed by atoms with van der Waals surface area (Å²) < 4.78 is 0. The van der Waals surface area contributed by atoms with Crippen molar-refractivity contribution >= 4 is 28.9 Å². The molecule has 0 aromatic carbocycles. The highest BCUT2D eigenvalue weighted by atomic mass is 35.5. The molecule has 0 N–H and O–H groups in total. The molecule has 0 saturated carbocycles. The van der Waals surface area contributed by atoms with Gasteiger partial charge in [-0.1, -0.05) is 29.3 Å². The predicted octanol–water partition coefficient (Wildman–Crippen LogP) is 2.41. The Balaban J connectivity index is 3.04. The van der Waals surface area contributed by atoms with E-state index in [0.29, 0.717) is 22.5 Å². The minimum Gasteiger partial charge on any atom is -0.366 e. The van der Waals surface area contributed by atoms with Crippen molar-refractivity contribution in [2.75, 3.05) is 18.5 Å². The summed E-state index contributed by atoms with van der Waals surface area (Å²) in [5.74, 6) is 0. The molecule has 0 fully saturated rings. The van der Waals surface area contributed by atoms with E-state index in [1.54, 1.807) is 6.08 Å². The predicted molar refractivity (Wildman–Crippen MR) is 55.5 cm³/mol. The van der Waals surface area contributed by atoms with Crippen LogP contribution in [0.2, 0.25) is 10.3 Å². The summed E-state index contributed by atoms with van der Waals surface area (Å²) in [6, 6.07) is 0. The molecule has 1 rings (SSSR count). The SMILES string of the molecule is C=CCN(C)c1c(Cl)ncnc1Cl. The Morgan fingerprint density at radius 1 is 1.46 bits per heavy atom. The smallest absolute Gasteiger partial charge is 0.157 e. The lowest BCUT2D eigenvalue weighted by molar-refractivity contribution is 1.00. The van der Waals surface area contributed by atoms with Gasteiger partial charge in [0.1, 0.15) is 12.0 Å². The van der Waals surface area contributed by atoms with Gasteiger partial charge in [0.2, 0.25) is 0 Å². The van der Waals surface area contributed by atoms with E-state index in [2.05, 4.69) is 16.5 Å². The van der Waals surface area contributed by atoms with E-state index in [0.717, 1.165) is 0 Å². The Kier molecular flexibility index (Phi) is 3.51. The minimum absolute atomic E-state index is 0.351. The third kappa shape index (κ3) is 2.32. The molecule has 0 aliphatic rings. The van der Waals surface area contributed by atoms with Gasteiger partial charge in [-0.25, -0.2) is 9.97 Å². The van der Waals surface area contributed by atoms with E-state index in [4.69, 9.17) is 23.2 Å². The van der Waals surface area contributed by atoms with E-state index in [1.807, 2.05) is 11.9 Å². The molecule has 0 unspecified atom stereocenters. The van der Waals surface area contributed by atoms with Crippen LogP contribution in [0.1, 0.15) is 0 Å². The quantitative estimate of drug-likeness (QED) is 0.576. The van der Waals surface area contributed by atoms with Crippen LogP contribution in [0.25, 0.3) is 0 Å². The first-order chi connectivity index (χ1) is 6.16. The van der Waals surface area contributed by atoms with E-state index < -0.39 is 0 Å². The first kappa shape index (κ1) is 10.3. The fraction of sp³-hybridized carbons (Fsp3) is 0.250. The monoisotopic (exact) mass is 217 g/mol. The zero-order valence-electron chi connectivity index (χ0n) is 7.17. The summed E-state index contributed by atoms with van der Waals surface area (Å²) in [6.45, 7) is 4.26. The average Bonchev–Trinajstić information content (AvgIpc) is 2.04. The zero-order chi connectivity index (χ0) is 9.84. The van der Waals surface area contributed by atoms with Crippen molar-refractivity contribution < 1.29 is 0 Å². The summed E-state index contributed by atoms with van der Waals surface area (Å²) in [5, 5.41) is 0.703. The molecule has 70 valence electrons. The largest absolute Gasteiger partial charge is 0.366 e. The number of hydrogen-bond donors (Lipinski definition) is 0. The van der Waals surface area contributed by atoms with Gasteiger partial charge in [0.15, 0.2) is 10.3 Å². The van der Waals surface area contributed by atoms with Crippen LogP contribution in [0.4, 0.5) is 5.69 Å². The van der Waals surface area contributed by atoms with Crippen molar-refractivity contribution in [1.29, 1.82) is 0 Å². The van der Waals surface area contributed by atoms with Crippen molar-refractivity contribution in [2.24, 2.45) is 0 Å². The molecule has 0 spiro atoms. The number of likely N-dealkylation sites (N-methyl/N-ethyl adjacent to an activating group) is 1. The molecule has 0 amide bonds. The lowest BCUT2D eigenvalue weighted by Gasteiger charge is -2.18. The highest BCUT2D eigenvalue weighted by Crippen LogP contribution is 2.28. The third-order valence-corrected chi connectivity index (χ3v) is 2.07. The number of halogens is 2. The summed E-state index contributed by atoms with van der Waals surface area (Å²) >= 11 is 11.7. The molecular weight excluding hydrogens is 209 g/mol. The van der Waals surface area contributed by atoms with Gasteiger partial charge in [-0.2, -0.15) is 0 Å². The Morgan fingerprint density at radius 2 is 2.00 bits per heavy atom. The van der Waals surface area contributed by atoms with E-state index in [-0.39, 0.29) is 0 Å². The highest BCUT2D eigenvalue weighted by molar-refractivity contribution is 6.37. The molecule has 0 saturated heterocycles. The Hall–Kier alpha value is -0.800. The molecule has 0 bridgehead atoms. The van der Waals surface area contributed by atoms with Crippen LogP contribution < -0.4 is 4.90 Å². The number of nitrogens with zero attached hydrogens (tertiary/aromatic N) is 3. The van der Waals surface area contributed by atoms with Gasteiger partial charge < -0.3 is 4.90 Å². The van der Waals surface area contributed by atoms with Gasteiger partial charge in [0, 0.05) is 13.6 Å². The van der Waals surface area contributed by atoms with Crippen LogP contribution in [0.5, 0.6) is 0 Å². The maximum absolute atomic E-state index is 5.85. The number of hydrogen-bond acceptors (Lipinski definition) is 3. The van der Waals surface area contributed by atoms with Crippen LogP contribution in [-0.2, 0) is 0 Å². The Morgan fingerprint density at radius 3 is 2.46 bits per heavy atom. The third-order valence-electron chi connectivity index (χ3n) is 1.52. The summed E-state index contributed by atoms with van der Waals surface area (Å²) in [4.78, 5) is 9.51. The van der Waals surface area contributed by atoms with Crippen LogP contribution in [0.15, 0.2) is 19.0 Å². The molecule has 1 aromatic heterocycles. The number of anilines is 1. The highest BCUT2D eigenvalue weighted by Gasteiger charge is 2.11. The molecule has 13 heavy (non-hydrogen) atoms. The van der Waals surface area contributed by atoms with Crippen LogP contribution in [0, 0.1) is 0 Å². The van der Waals surface area contributed by atoms with Crippen molar-refractivity contribution in [3.05, 3.63) is 29.3 Å². The second-order valence-electron chi connectivity index (χ2n) is 2.47. The Bertz CT molecular complexity index is 294. The van der Waals surface area contributed by atoms with Gasteiger partial charge in [-0.05, 0) is 0 Å². The van der Waals surface area contributed by atoms with Gasteiger partial charge >= 0.3 is 0 Å².